The quantitative estimate of drug-likeness (QED) is 0.668. The standard InChI is InChI=1S/C9H17NO2/c1-8(3-4-8)9(2,6-10)5-7(11)12/h3-6,10H2,1-2H3,(H,11,12). The molecule has 0 spiro atoms. The summed E-state index contributed by atoms with van der Waals surface area (Å²) in [5.41, 5.74) is 5.59. The van der Waals surface area contributed by atoms with Crippen LogP contribution >= 0.6 is 0 Å². The van der Waals surface area contributed by atoms with Crippen LogP contribution in [0.15, 0.2) is 0 Å². The molecule has 0 aromatic rings. The van der Waals surface area contributed by atoms with Gasteiger partial charge in [0.1, 0.15) is 0 Å². The lowest BCUT2D eigenvalue weighted by Gasteiger charge is -2.33. The summed E-state index contributed by atoms with van der Waals surface area (Å²) in [7, 11) is 0. The molecule has 0 aromatic carbocycles. The van der Waals surface area contributed by atoms with E-state index in [1.165, 1.54) is 0 Å². The third kappa shape index (κ3) is 1.46. The average molecular weight is 171 g/mol. The summed E-state index contributed by atoms with van der Waals surface area (Å²) in [5.74, 6) is -0.740. The second-order valence-electron chi connectivity index (χ2n) is 4.40. The zero-order valence-corrected chi connectivity index (χ0v) is 7.76. The molecule has 1 atom stereocenters. The number of rotatable bonds is 4. The highest BCUT2D eigenvalue weighted by molar-refractivity contribution is 5.68. The number of carboxylic acids is 1. The number of carboxylic acid groups (broad SMARTS) is 1. The van der Waals surface area contributed by atoms with Gasteiger partial charge in [0.2, 0.25) is 0 Å². The number of nitrogens with two attached hydrogens (primary N) is 1. The Balaban J connectivity index is 2.68. The van der Waals surface area contributed by atoms with Crippen LogP contribution in [0, 0.1) is 10.8 Å². The summed E-state index contributed by atoms with van der Waals surface area (Å²) in [6.07, 6.45) is 2.43. The zero-order valence-electron chi connectivity index (χ0n) is 7.76. The fourth-order valence-corrected chi connectivity index (χ4v) is 1.66. The van der Waals surface area contributed by atoms with E-state index in [-0.39, 0.29) is 17.3 Å². The molecule has 1 aliphatic rings. The Hall–Kier alpha value is -0.570. The molecule has 70 valence electrons. The Morgan fingerprint density at radius 2 is 2.17 bits per heavy atom. The van der Waals surface area contributed by atoms with Crippen LogP contribution in [0.2, 0.25) is 0 Å². The van der Waals surface area contributed by atoms with Crippen LogP contribution < -0.4 is 5.73 Å². The summed E-state index contributed by atoms with van der Waals surface area (Å²) >= 11 is 0. The third-order valence-corrected chi connectivity index (χ3v) is 3.45. The molecule has 1 rings (SSSR count). The molecule has 0 bridgehead atoms. The van der Waals surface area contributed by atoms with Crippen LogP contribution in [0.5, 0.6) is 0 Å². The van der Waals surface area contributed by atoms with Gasteiger partial charge in [0, 0.05) is 0 Å². The molecular weight excluding hydrogens is 154 g/mol. The van der Waals surface area contributed by atoms with Gasteiger partial charge >= 0.3 is 5.97 Å². The predicted molar refractivity (Wildman–Crippen MR) is 46.8 cm³/mol. The normalized spacial score (nSPS) is 24.6. The van der Waals surface area contributed by atoms with Gasteiger partial charge in [-0.3, -0.25) is 4.79 Å². The first-order valence-corrected chi connectivity index (χ1v) is 4.35. The SMILES string of the molecule is CC1(C(C)(CN)CC(=O)O)CC1. The number of carbonyl (C=O) groups is 1. The molecule has 3 heteroatoms. The van der Waals surface area contributed by atoms with Crippen LogP contribution in [0.25, 0.3) is 0 Å². The van der Waals surface area contributed by atoms with Crippen molar-refractivity contribution in [2.45, 2.75) is 33.1 Å². The highest BCUT2D eigenvalue weighted by Crippen LogP contribution is 2.59. The molecule has 3 nitrogen and oxygen atoms in total. The molecule has 3 N–H and O–H groups in total. The Kier molecular flexibility index (Phi) is 2.17. The molecule has 1 aliphatic carbocycles. The highest BCUT2D eigenvalue weighted by Gasteiger charge is 2.52. The number of hydrogen-bond acceptors (Lipinski definition) is 2. The molecule has 1 fully saturated rings. The summed E-state index contributed by atoms with van der Waals surface area (Å²) in [6, 6.07) is 0. The molecule has 0 amide bonds. The second kappa shape index (κ2) is 2.73. The molecule has 1 unspecified atom stereocenters. The fraction of sp³-hybridized carbons (Fsp3) is 0.889. The largest absolute Gasteiger partial charge is 0.481 e. The van der Waals surface area contributed by atoms with E-state index in [1.807, 2.05) is 6.92 Å². The Bertz CT molecular complexity index is 199. The average Bonchev–Trinajstić information content (AvgIpc) is 2.68. The van der Waals surface area contributed by atoms with Gasteiger partial charge in [0.25, 0.3) is 0 Å². The first-order chi connectivity index (χ1) is 5.43. The van der Waals surface area contributed by atoms with E-state index in [2.05, 4.69) is 6.92 Å². The minimum atomic E-state index is -0.740. The van der Waals surface area contributed by atoms with E-state index in [0.29, 0.717) is 6.54 Å². The summed E-state index contributed by atoms with van der Waals surface area (Å²) < 4.78 is 0. The van der Waals surface area contributed by atoms with Crippen molar-refractivity contribution in [1.29, 1.82) is 0 Å². The summed E-state index contributed by atoms with van der Waals surface area (Å²) in [4.78, 5) is 10.6. The van der Waals surface area contributed by atoms with Gasteiger partial charge in [-0.25, -0.2) is 0 Å². The van der Waals surface area contributed by atoms with Crippen LogP contribution in [0.3, 0.4) is 0 Å². The topological polar surface area (TPSA) is 63.3 Å². The predicted octanol–water partition coefficient (Wildman–Crippen LogP) is 1.23. The lowest BCUT2D eigenvalue weighted by molar-refractivity contribution is -0.140. The van der Waals surface area contributed by atoms with Gasteiger partial charge in [-0.05, 0) is 30.2 Å². The smallest absolute Gasteiger partial charge is 0.303 e. The number of aliphatic carboxylic acids is 1. The van der Waals surface area contributed by atoms with E-state index in [0.717, 1.165) is 12.8 Å². The van der Waals surface area contributed by atoms with Crippen LogP contribution in [-0.4, -0.2) is 17.6 Å². The van der Waals surface area contributed by atoms with Crippen molar-refractivity contribution in [3.05, 3.63) is 0 Å². The molecule has 12 heavy (non-hydrogen) atoms. The van der Waals surface area contributed by atoms with Gasteiger partial charge in [0.05, 0.1) is 6.42 Å². The van der Waals surface area contributed by atoms with Crippen molar-refractivity contribution in [2.24, 2.45) is 16.6 Å². The van der Waals surface area contributed by atoms with E-state index in [4.69, 9.17) is 10.8 Å². The van der Waals surface area contributed by atoms with E-state index >= 15 is 0 Å². The Morgan fingerprint density at radius 1 is 1.67 bits per heavy atom. The van der Waals surface area contributed by atoms with Crippen molar-refractivity contribution in [3.8, 4) is 0 Å². The summed E-state index contributed by atoms with van der Waals surface area (Å²) in [6.45, 7) is 4.58. The number of hydrogen-bond donors (Lipinski definition) is 2. The monoisotopic (exact) mass is 171 g/mol. The lowest BCUT2D eigenvalue weighted by Crippen LogP contribution is -2.37. The van der Waals surface area contributed by atoms with Gasteiger partial charge < -0.3 is 10.8 Å². The minimum absolute atomic E-state index is 0.181. The molecule has 0 aromatic heterocycles. The van der Waals surface area contributed by atoms with Gasteiger partial charge in [-0.1, -0.05) is 13.8 Å². The Morgan fingerprint density at radius 3 is 2.42 bits per heavy atom. The maximum Gasteiger partial charge on any atom is 0.303 e. The molecular formula is C9H17NO2. The third-order valence-electron chi connectivity index (χ3n) is 3.45. The molecule has 0 radical (unpaired) electrons. The van der Waals surface area contributed by atoms with E-state index in [1.54, 1.807) is 0 Å². The second-order valence-corrected chi connectivity index (χ2v) is 4.40. The highest BCUT2D eigenvalue weighted by atomic mass is 16.4. The Labute approximate surface area is 72.9 Å². The summed E-state index contributed by atoms with van der Waals surface area (Å²) in [5, 5.41) is 8.72. The molecule has 0 aliphatic heterocycles. The fourth-order valence-electron chi connectivity index (χ4n) is 1.66. The molecule has 1 saturated carbocycles. The first-order valence-electron chi connectivity index (χ1n) is 4.35. The van der Waals surface area contributed by atoms with Crippen molar-refractivity contribution >= 4 is 5.97 Å². The van der Waals surface area contributed by atoms with Gasteiger partial charge in [-0.15, -0.1) is 0 Å². The van der Waals surface area contributed by atoms with Crippen molar-refractivity contribution in [2.75, 3.05) is 6.54 Å². The van der Waals surface area contributed by atoms with E-state index < -0.39 is 5.97 Å². The van der Waals surface area contributed by atoms with Crippen LogP contribution in [-0.2, 0) is 4.79 Å². The lowest BCUT2D eigenvalue weighted by atomic mass is 9.73. The minimum Gasteiger partial charge on any atom is -0.481 e. The van der Waals surface area contributed by atoms with Crippen molar-refractivity contribution < 1.29 is 9.90 Å². The van der Waals surface area contributed by atoms with Gasteiger partial charge in [0.15, 0.2) is 0 Å². The van der Waals surface area contributed by atoms with E-state index in [9.17, 15) is 4.79 Å². The van der Waals surface area contributed by atoms with Crippen molar-refractivity contribution in [1.82, 2.24) is 0 Å². The van der Waals surface area contributed by atoms with Crippen LogP contribution in [0.1, 0.15) is 33.1 Å². The molecule has 0 heterocycles. The maximum absolute atomic E-state index is 10.6. The zero-order chi connectivity index (χ0) is 9.41. The molecule has 0 saturated heterocycles. The van der Waals surface area contributed by atoms with Crippen LogP contribution in [0.4, 0.5) is 0 Å². The first kappa shape index (κ1) is 9.52. The maximum atomic E-state index is 10.6. The van der Waals surface area contributed by atoms with Gasteiger partial charge in [-0.2, -0.15) is 0 Å². The van der Waals surface area contributed by atoms with Crippen molar-refractivity contribution in [3.63, 3.8) is 0 Å².